The Morgan fingerprint density at radius 3 is 2.56 bits per heavy atom. The van der Waals surface area contributed by atoms with Crippen LogP contribution in [0.5, 0.6) is 0 Å². The number of likely N-dealkylation sites (tertiary alicyclic amines) is 1. The number of pyridine rings is 2. The van der Waals surface area contributed by atoms with Crippen LogP contribution in [0.1, 0.15) is 42.2 Å². The predicted molar refractivity (Wildman–Crippen MR) is 157 cm³/mol. The van der Waals surface area contributed by atoms with E-state index in [9.17, 15) is 32.7 Å². The second-order valence-corrected chi connectivity index (χ2v) is 11.0. The van der Waals surface area contributed by atoms with Gasteiger partial charge in [0.15, 0.2) is 5.69 Å². The number of carboxylic acid groups (broad SMARTS) is 1. The molecule has 2 amide bonds. The molecule has 1 saturated heterocycles. The Morgan fingerprint density at radius 1 is 1.12 bits per heavy atom. The Hall–Kier alpha value is -4.30. The topological polar surface area (TPSA) is 129 Å². The number of nitrogens with zero attached hydrogens (tertiary/aromatic N) is 4. The molecule has 3 N–H and O–H groups in total. The summed E-state index contributed by atoms with van der Waals surface area (Å²) in [6.07, 6.45) is 0.995. The molecule has 0 radical (unpaired) electrons. The number of urea groups is 1. The van der Waals surface area contributed by atoms with Crippen LogP contribution in [-0.2, 0) is 12.7 Å². The third-order valence-corrected chi connectivity index (χ3v) is 8.06. The third kappa shape index (κ3) is 6.70. The lowest BCUT2D eigenvalue weighted by Crippen LogP contribution is -2.29. The number of alkyl halides is 3. The maximum atomic E-state index is 13.4. The quantitative estimate of drug-likeness (QED) is 0.226. The monoisotopic (exact) mass is 614 g/mol. The van der Waals surface area contributed by atoms with Gasteiger partial charge in [-0.15, -0.1) is 11.3 Å². The smallest absolute Gasteiger partial charge is 0.434 e. The molecule has 1 aliphatic rings. The van der Waals surface area contributed by atoms with Gasteiger partial charge in [0.2, 0.25) is 5.43 Å². The average Bonchev–Trinajstić information content (AvgIpc) is 3.68. The van der Waals surface area contributed by atoms with E-state index < -0.39 is 29.3 Å². The van der Waals surface area contributed by atoms with Crippen molar-refractivity contribution < 1.29 is 27.9 Å². The van der Waals surface area contributed by atoms with Gasteiger partial charge in [0, 0.05) is 53.9 Å². The number of nitrogens with one attached hydrogen (secondary N) is 2. The van der Waals surface area contributed by atoms with E-state index in [0.717, 1.165) is 42.6 Å². The van der Waals surface area contributed by atoms with Crippen LogP contribution in [0.2, 0.25) is 0 Å². The van der Waals surface area contributed by atoms with Crippen molar-refractivity contribution in [2.45, 2.75) is 38.9 Å². The lowest BCUT2D eigenvalue weighted by molar-refractivity contribution is -0.140. The van der Waals surface area contributed by atoms with Gasteiger partial charge < -0.3 is 19.9 Å². The number of anilines is 1. The van der Waals surface area contributed by atoms with Crippen molar-refractivity contribution in [3.63, 3.8) is 0 Å². The van der Waals surface area contributed by atoms with Gasteiger partial charge in [-0.25, -0.2) is 19.6 Å². The molecule has 0 saturated carbocycles. The molecular weight excluding hydrogens is 585 g/mol. The lowest BCUT2D eigenvalue weighted by atomic mass is 9.99. The maximum absolute atomic E-state index is 13.4. The Balaban J connectivity index is 1.61. The van der Waals surface area contributed by atoms with Crippen molar-refractivity contribution >= 4 is 40.1 Å². The van der Waals surface area contributed by atoms with Crippen molar-refractivity contribution in [1.82, 2.24) is 24.8 Å². The summed E-state index contributed by atoms with van der Waals surface area (Å²) in [6.45, 7) is 5.39. The molecule has 1 aliphatic heterocycles. The van der Waals surface area contributed by atoms with E-state index in [1.165, 1.54) is 24.5 Å². The molecule has 0 aliphatic carbocycles. The summed E-state index contributed by atoms with van der Waals surface area (Å²) in [5.74, 6) is -1.26. The summed E-state index contributed by atoms with van der Waals surface area (Å²) >= 11 is 0.779. The maximum Gasteiger partial charge on any atom is 0.434 e. The standard InChI is InChI=1S/C29H29F3N6O4S/c1-2-7-33-28(42)36-24-13-18(26-35-23(16-43-26)29(30,31)32)20(14-34-24)17-5-6-22-19(12-17)25(39)21(27(40)41)15-38(22)11-10-37-8-3-4-9-37/h5-6,12-16H,2-4,7-11H2,1H3,(H,40,41)(H2,33,34,36,42). The van der Waals surface area contributed by atoms with Gasteiger partial charge in [0.25, 0.3) is 0 Å². The largest absolute Gasteiger partial charge is 0.477 e. The number of hydrogen-bond donors (Lipinski definition) is 3. The summed E-state index contributed by atoms with van der Waals surface area (Å²) in [6, 6.07) is 5.82. The number of fused-ring (bicyclic) bond motifs is 1. The van der Waals surface area contributed by atoms with E-state index in [1.54, 1.807) is 16.7 Å². The minimum Gasteiger partial charge on any atom is -0.477 e. The molecule has 4 aromatic rings. The van der Waals surface area contributed by atoms with Gasteiger partial charge in [-0.3, -0.25) is 10.1 Å². The predicted octanol–water partition coefficient (Wildman–Crippen LogP) is 5.53. The molecule has 1 aromatic carbocycles. The number of carbonyl (C=O) groups excluding carboxylic acids is 1. The zero-order valence-electron chi connectivity index (χ0n) is 23.2. The summed E-state index contributed by atoms with van der Waals surface area (Å²) in [4.78, 5) is 47.8. The van der Waals surface area contributed by atoms with E-state index in [2.05, 4.69) is 25.5 Å². The number of carboxylic acids is 1. The summed E-state index contributed by atoms with van der Waals surface area (Å²) < 4.78 is 42.0. The molecule has 10 nitrogen and oxygen atoms in total. The number of carbonyl (C=O) groups is 2. The van der Waals surface area contributed by atoms with E-state index in [0.29, 0.717) is 42.7 Å². The SMILES string of the molecule is CCCNC(=O)Nc1cc(-c2nc(C(F)(F)F)cs2)c(-c2ccc3c(c2)c(=O)c(C(=O)O)cn3CCN2CCCC2)cn1. The van der Waals surface area contributed by atoms with Crippen LogP contribution in [0, 0.1) is 0 Å². The van der Waals surface area contributed by atoms with E-state index in [4.69, 9.17) is 0 Å². The molecule has 5 rings (SSSR count). The molecule has 1 fully saturated rings. The highest BCUT2D eigenvalue weighted by Crippen LogP contribution is 2.39. The van der Waals surface area contributed by atoms with Gasteiger partial charge in [0.1, 0.15) is 16.4 Å². The Bertz CT molecular complexity index is 1730. The van der Waals surface area contributed by atoms with E-state index >= 15 is 0 Å². The van der Waals surface area contributed by atoms with Gasteiger partial charge in [-0.05, 0) is 56.1 Å². The molecule has 43 heavy (non-hydrogen) atoms. The van der Waals surface area contributed by atoms with E-state index in [-0.39, 0.29) is 27.3 Å². The fraction of sp³-hybridized carbons (Fsp3) is 0.345. The number of aromatic nitrogens is 3. The molecule has 0 spiro atoms. The number of hydrogen-bond acceptors (Lipinski definition) is 7. The Labute approximate surface area is 248 Å². The lowest BCUT2D eigenvalue weighted by Gasteiger charge is -2.18. The number of aromatic carboxylic acids is 1. The fourth-order valence-electron chi connectivity index (χ4n) is 5.02. The molecule has 3 aromatic heterocycles. The molecule has 14 heteroatoms. The van der Waals surface area contributed by atoms with Crippen LogP contribution in [0.3, 0.4) is 0 Å². The van der Waals surface area contributed by atoms with Crippen LogP contribution < -0.4 is 16.1 Å². The third-order valence-electron chi connectivity index (χ3n) is 7.18. The first kappa shape index (κ1) is 30.2. The number of benzene rings is 1. The van der Waals surface area contributed by atoms with Gasteiger partial charge in [-0.2, -0.15) is 13.2 Å². The Kier molecular flexibility index (Phi) is 8.78. The van der Waals surface area contributed by atoms with Crippen molar-refractivity contribution in [3.05, 3.63) is 63.5 Å². The molecule has 0 unspecified atom stereocenters. The van der Waals surface area contributed by atoms with Gasteiger partial charge in [0.05, 0.1) is 5.52 Å². The summed E-state index contributed by atoms with van der Waals surface area (Å²) in [7, 11) is 0. The second kappa shape index (κ2) is 12.5. The van der Waals surface area contributed by atoms with Crippen molar-refractivity contribution in [3.8, 4) is 21.7 Å². The van der Waals surface area contributed by atoms with Crippen LogP contribution in [0.4, 0.5) is 23.8 Å². The van der Waals surface area contributed by atoms with Gasteiger partial charge in [-0.1, -0.05) is 13.0 Å². The van der Waals surface area contributed by atoms with Crippen molar-refractivity contribution in [1.29, 1.82) is 0 Å². The highest BCUT2D eigenvalue weighted by atomic mass is 32.1. The summed E-state index contributed by atoms with van der Waals surface area (Å²) in [5.41, 5.74) is -0.542. The first-order chi connectivity index (χ1) is 20.5. The zero-order chi connectivity index (χ0) is 30.7. The normalized spacial score (nSPS) is 13.9. The first-order valence-corrected chi connectivity index (χ1v) is 14.6. The molecule has 4 heterocycles. The number of amides is 2. The van der Waals surface area contributed by atoms with Gasteiger partial charge >= 0.3 is 18.2 Å². The van der Waals surface area contributed by atoms with Crippen LogP contribution in [0.25, 0.3) is 32.6 Å². The van der Waals surface area contributed by atoms with Crippen molar-refractivity contribution in [2.75, 3.05) is 31.5 Å². The highest BCUT2D eigenvalue weighted by Gasteiger charge is 2.34. The minimum atomic E-state index is -4.65. The molecule has 0 bridgehead atoms. The average molecular weight is 615 g/mol. The number of halogens is 3. The van der Waals surface area contributed by atoms with E-state index in [1.807, 2.05) is 6.92 Å². The highest BCUT2D eigenvalue weighted by molar-refractivity contribution is 7.13. The zero-order valence-corrected chi connectivity index (χ0v) is 24.0. The first-order valence-electron chi connectivity index (χ1n) is 13.8. The molecule has 226 valence electrons. The van der Waals surface area contributed by atoms with Crippen LogP contribution in [0.15, 0.2) is 46.8 Å². The second-order valence-electron chi connectivity index (χ2n) is 10.2. The number of thiazole rings is 1. The number of rotatable bonds is 9. The molecular formula is C29H29F3N6O4S. The molecule has 0 atom stereocenters. The van der Waals surface area contributed by atoms with Crippen LogP contribution in [-0.4, -0.2) is 62.7 Å². The fourth-order valence-corrected chi connectivity index (χ4v) is 5.87. The summed E-state index contributed by atoms with van der Waals surface area (Å²) in [5, 5.41) is 16.1. The Morgan fingerprint density at radius 2 is 1.88 bits per heavy atom. The van der Waals surface area contributed by atoms with Crippen LogP contribution >= 0.6 is 11.3 Å². The van der Waals surface area contributed by atoms with Crippen molar-refractivity contribution in [2.24, 2.45) is 0 Å². The minimum absolute atomic E-state index is 0.0316.